The van der Waals surface area contributed by atoms with Gasteiger partial charge in [-0.15, -0.1) is 4.91 Å². The first-order valence-electron chi connectivity index (χ1n) is 6.07. The standard InChI is InChI=1S/C14H18FNO3/c1-9(7-13(17)19-14(2,3)4)10-5-6-11(15)12(8-10)16-18/h5-6,8-9H,7H2,1-4H3. The first kappa shape index (κ1) is 15.3. The molecule has 5 heteroatoms. The van der Waals surface area contributed by atoms with E-state index >= 15 is 0 Å². The average Bonchev–Trinajstić information content (AvgIpc) is 2.26. The maximum atomic E-state index is 13.1. The maximum absolute atomic E-state index is 13.1. The number of nitroso groups, excluding NO2 is 1. The Morgan fingerprint density at radius 3 is 2.58 bits per heavy atom. The zero-order valence-corrected chi connectivity index (χ0v) is 11.6. The highest BCUT2D eigenvalue weighted by molar-refractivity contribution is 5.71. The van der Waals surface area contributed by atoms with Crippen molar-refractivity contribution in [2.75, 3.05) is 0 Å². The fraction of sp³-hybridized carbons (Fsp3) is 0.500. The lowest BCUT2D eigenvalue weighted by Crippen LogP contribution is -2.24. The van der Waals surface area contributed by atoms with Crippen LogP contribution < -0.4 is 0 Å². The van der Waals surface area contributed by atoms with Gasteiger partial charge in [0.15, 0.2) is 5.82 Å². The van der Waals surface area contributed by atoms with E-state index in [-0.39, 0.29) is 24.0 Å². The monoisotopic (exact) mass is 267 g/mol. The molecule has 0 amide bonds. The number of esters is 1. The Labute approximate surface area is 111 Å². The highest BCUT2D eigenvalue weighted by Crippen LogP contribution is 2.26. The Morgan fingerprint density at radius 1 is 1.42 bits per heavy atom. The molecule has 1 aromatic rings. The van der Waals surface area contributed by atoms with Crippen LogP contribution in [0.1, 0.15) is 45.6 Å². The molecular weight excluding hydrogens is 249 g/mol. The second-order valence-electron chi connectivity index (χ2n) is 5.49. The molecule has 0 bridgehead atoms. The van der Waals surface area contributed by atoms with Gasteiger partial charge in [0.2, 0.25) is 0 Å². The minimum atomic E-state index is -0.664. The molecule has 1 aromatic carbocycles. The zero-order chi connectivity index (χ0) is 14.6. The predicted octanol–water partition coefficient (Wildman–Crippen LogP) is 4.06. The Bertz CT molecular complexity index is 480. The molecule has 1 unspecified atom stereocenters. The van der Waals surface area contributed by atoms with Crippen LogP contribution in [-0.4, -0.2) is 11.6 Å². The number of hydrogen-bond acceptors (Lipinski definition) is 4. The molecule has 0 aliphatic rings. The molecule has 0 spiro atoms. The topological polar surface area (TPSA) is 55.7 Å². The molecule has 0 saturated heterocycles. The molecule has 0 radical (unpaired) electrons. The molecule has 19 heavy (non-hydrogen) atoms. The molecule has 4 nitrogen and oxygen atoms in total. The van der Waals surface area contributed by atoms with Gasteiger partial charge in [-0.2, -0.15) is 0 Å². The number of nitrogens with zero attached hydrogens (tertiary/aromatic N) is 1. The molecule has 0 N–H and O–H groups in total. The third-order valence-electron chi connectivity index (χ3n) is 2.53. The smallest absolute Gasteiger partial charge is 0.306 e. The fourth-order valence-corrected chi connectivity index (χ4v) is 1.66. The average molecular weight is 267 g/mol. The van der Waals surface area contributed by atoms with Crippen molar-refractivity contribution in [2.45, 2.75) is 45.6 Å². The SMILES string of the molecule is CC(CC(=O)OC(C)(C)C)c1ccc(F)c(N=O)c1. The van der Waals surface area contributed by atoms with E-state index in [1.807, 2.05) is 6.92 Å². The lowest BCUT2D eigenvalue weighted by molar-refractivity contribution is -0.155. The van der Waals surface area contributed by atoms with E-state index in [2.05, 4.69) is 5.18 Å². The van der Waals surface area contributed by atoms with Gasteiger partial charge in [0.1, 0.15) is 11.3 Å². The molecule has 0 fully saturated rings. The number of hydrogen-bond donors (Lipinski definition) is 0. The van der Waals surface area contributed by atoms with Crippen LogP contribution in [0.4, 0.5) is 10.1 Å². The Kier molecular flexibility index (Phi) is 4.75. The predicted molar refractivity (Wildman–Crippen MR) is 70.7 cm³/mol. The molecule has 0 aliphatic carbocycles. The van der Waals surface area contributed by atoms with E-state index in [1.54, 1.807) is 26.8 Å². The number of ether oxygens (including phenoxy) is 1. The third-order valence-corrected chi connectivity index (χ3v) is 2.53. The van der Waals surface area contributed by atoms with E-state index in [1.165, 1.54) is 12.1 Å². The first-order valence-corrected chi connectivity index (χ1v) is 6.07. The zero-order valence-electron chi connectivity index (χ0n) is 11.6. The van der Waals surface area contributed by atoms with Crippen molar-refractivity contribution in [3.8, 4) is 0 Å². The summed E-state index contributed by atoms with van der Waals surface area (Å²) < 4.78 is 18.3. The number of halogens is 1. The second-order valence-corrected chi connectivity index (χ2v) is 5.49. The van der Waals surface area contributed by atoms with Crippen LogP contribution in [-0.2, 0) is 9.53 Å². The summed E-state index contributed by atoms with van der Waals surface area (Å²) in [7, 11) is 0. The Balaban J connectivity index is 2.76. The third kappa shape index (κ3) is 4.77. The molecule has 1 atom stereocenters. The summed E-state index contributed by atoms with van der Waals surface area (Å²) in [5.41, 5.74) is -0.0924. The van der Waals surface area contributed by atoms with E-state index in [4.69, 9.17) is 4.74 Å². The molecule has 0 aromatic heterocycles. The molecule has 0 heterocycles. The summed E-state index contributed by atoms with van der Waals surface area (Å²) >= 11 is 0. The minimum Gasteiger partial charge on any atom is -0.460 e. The van der Waals surface area contributed by atoms with Crippen molar-refractivity contribution < 1.29 is 13.9 Å². The van der Waals surface area contributed by atoms with Crippen LogP contribution in [0.2, 0.25) is 0 Å². The van der Waals surface area contributed by atoms with Gasteiger partial charge in [-0.3, -0.25) is 4.79 Å². The fourth-order valence-electron chi connectivity index (χ4n) is 1.66. The van der Waals surface area contributed by atoms with Crippen molar-refractivity contribution in [2.24, 2.45) is 5.18 Å². The lowest BCUT2D eigenvalue weighted by atomic mass is 9.97. The van der Waals surface area contributed by atoms with Crippen LogP contribution in [0, 0.1) is 10.7 Å². The van der Waals surface area contributed by atoms with Crippen molar-refractivity contribution >= 4 is 11.7 Å². The van der Waals surface area contributed by atoms with Gasteiger partial charge < -0.3 is 4.74 Å². The van der Waals surface area contributed by atoms with E-state index in [0.29, 0.717) is 5.56 Å². The summed E-state index contributed by atoms with van der Waals surface area (Å²) in [6.07, 6.45) is 0.168. The molecule has 0 saturated carbocycles. The van der Waals surface area contributed by atoms with Gasteiger partial charge in [0, 0.05) is 0 Å². The normalized spacial score (nSPS) is 12.9. The van der Waals surface area contributed by atoms with E-state index in [0.717, 1.165) is 0 Å². The molecular formula is C14H18FNO3. The Morgan fingerprint density at radius 2 is 2.05 bits per heavy atom. The van der Waals surface area contributed by atoms with Crippen molar-refractivity contribution in [3.05, 3.63) is 34.5 Å². The number of carbonyl (C=O) groups excluding carboxylic acids is 1. The largest absolute Gasteiger partial charge is 0.460 e. The Hall–Kier alpha value is -1.78. The van der Waals surface area contributed by atoms with Crippen molar-refractivity contribution in [3.63, 3.8) is 0 Å². The summed E-state index contributed by atoms with van der Waals surface area (Å²) in [5, 5.41) is 2.61. The van der Waals surface area contributed by atoms with Gasteiger partial charge in [0.05, 0.1) is 6.42 Å². The van der Waals surface area contributed by atoms with Crippen molar-refractivity contribution in [1.29, 1.82) is 0 Å². The van der Waals surface area contributed by atoms with Crippen LogP contribution in [0.5, 0.6) is 0 Å². The van der Waals surface area contributed by atoms with Gasteiger partial charge in [-0.1, -0.05) is 13.0 Å². The van der Waals surface area contributed by atoms with Crippen LogP contribution >= 0.6 is 0 Å². The first-order chi connectivity index (χ1) is 8.73. The van der Waals surface area contributed by atoms with Crippen molar-refractivity contribution in [1.82, 2.24) is 0 Å². The van der Waals surface area contributed by atoms with Gasteiger partial charge in [-0.05, 0) is 49.6 Å². The highest BCUT2D eigenvalue weighted by atomic mass is 19.1. The van der Waals surface area contributed by atoms with Gasteiger partial charge in [-0.25, -0.2) is 4.39 Å². The van der Waals surface area contributed by atoms with Gasteiger partial charge in [0.25, 0.3) is 0 Å². The quantitative estimate of drug-likeness (QED) is 0.610. The highest BCUT2D eigenvalue weighted by Gasteiger charge is 2.19. The van der Waals surface area contributed by atoms with E-state index in [9.17, 15) is 14.1 Å². The minimum absolute atomic E-state index is 0.168. The molecule has 104 valence electrons. The van der Waals surface area contributed by atoms with Crippen LogP contribution in [0.15, 0.2) is 23.4 Å². The lowest BCUT2D eigenvalue weighted by Gasteiger charge is -2.21. The summed E-state index contributed by atoms with van der Waals surface area (Å²) in [5.74, 6) is -1.16. The van der Waals surface area contributed by atoms with Crippen LogP contribution in [0.25, 0.3) is 0 Å². The molecule has 0 aliphatic heterocycles. The second kappa shape index (κ2) is 5.91. The molecule has 1 rings (SSSR count). The van der Waals surface area contributed by atoms with Gasteiger partial charge >= 0.3 is 5.97 Å². The maximum Gasteiger partial charge on any atom is 0.306 e. The van der Waals surface area contributed by atoms with Crippen LogP contribution in [0.3, 0.4) is 0 Å². The van der Waals surface area contributed by atoms with E-state index < -0.39 is 11.4 Å². The number of benzene rings is 1. The summed E-state index contributed by atoms with van der Waals surface area (Å²) in [4.78, 5) is 22.1. The summed E-state index contributed by atoms with van der Waals surface area (Å²) in [6.45, 7) is 7.19. The summed E-state index contributed by atoms with van der Waals surface area (Å²) in [6, 6.07) is 4.08. The number of carbonyl (C=O) groups is 1. The number of rotatable bonds is 4.